The maximum absolute atomic E-state index is 13.1. The average molecular weight is 406 g/mol. The van der Waals surface area contributed by atoms with Crippen LogP contribution in [0.3, 0.4) is 0 Å². The van der Waals surface area contributed by atoms with Crippen LogP contribution in [-0.4, -0.2) is 28.9 Å². The van der Waals surface area contributed by atoms with Gasteiger partial charge in [0.1, 0.15) is 11.6 Å². The van der Waals surface area contributed by atoms with Crippen LogP contribution in [-0.2, 0) is 17.6 Å². The van der Waals surface area contributed by atoms with E-state index < -0.39 is 0 Å². The Bertz CT molecular complexity index is 1000. The molecule has 1 aliphatic heterocycles. The SMILES string of the molecule is O=C(Cc1ccc(F)cc1)N1CCC[C@@H](c2cccc(Cc3ccc(F)cc3)n2)C1. The molecule has 154 valence electrons. The third-order valence-corrected chi connectivity index (χ3v) is 5.59. The fraction of sp³-hybridized carbons (Fsp3) is 0.280. The van der Waals surface area contributed by atoms with Crippen molar-refractivity contribution >= 4 is 5.91 Å². The second-order valence-corrected chi connectivity index (χ2v) is 7.84. The molecule has 1 fully saturated rings. The number of amides is 1. The van der Waals surface area contributed by atoms with Crippen molar-refractivity contribution in [3.8, 4) is 0 Å². The first-order valence-electron chi connectivity index (χ1n) is 10.3. The van der Waals surface area contributed by atoms with E-state index in [1.807, 2.05) is 23.1 Å². The van der Waals surface area contributed by atoms with Crippen LogP contribution in [0.15, 0.2) is 66.7 Å². The Hall–Kier alpha value is -3.08. The Morgan fingerprint density at radius 3 is 2.30 bits per heavy atom. The molecule has 0 radical (unpaired) electrons. The van der Waals surface area contributed by atoms with E-state index in [9.17, 15) is 13.6 Å². The van der Waals surface area contributed by atoms with Gasteiger partial charge in [0, 0.05) is 36.8 Å². The molecule has 1 amide bonds. The first-order chi connectivity index (χ1) is 14.6. The number of carbonyl (C=O) groups is 1. The minimum atomic E-state index is -0.296. The maximum atomic E-state index is 13.1. The van der Waals surface area contributed by atoms with Gasteiger partial charge in [0.15, 0.2) is 0 Å². The van der Waals surface area contributed by atoms with Crippen LogP contribution in [0, 0.1) is 11.6 Å². The van der Waals surface area contributed by atoms with E-state index in [4.69, 9.17) is 4.98 Å². The maximum Gasteiger partial charge on any atom is 0.227 e. The van der Waals surface area contributed by atoms with Gasteiger partial charge < -0.3 is 4.90 Å². The molecule has 0 bridgehead atoms. The Morgan fingerprint density at radius 1 is 0.933 bits per heavy atom. The highest BCUT2D eigenvalue weighted by atomic mass is 19.1. The molecule has 0 unspecified atom stereocenters. The van der Waals surface area contributed by atoms with E-state index in [2.05, 4.69) is 0 Å². The van der Waals surface area contributed by atoms with Gasteiger partial charge in [-0.2, -0.15) is 0 Å². The molecule has 3 nitrogen and oxygen atoms in total. The van der Waals surface area contributed by atoms with Crippen LogP contribution in [0.2, 0.25) is 0 Å². The number of piperidine rings is 1. The first-order valence-corrected chi connectivity index (χ1v) is 10.3. The summed E-state index contributed by atoms with van der Waals surface area (Å²) in [6, 6.07) is 18.6. The van der Waals surface area contributed by atoms with E-state index in [1.54, 1.807) is 24.3 Å². The molecule has 1 saturated heterocycles. The van der Waals surface area contributed by atoms with E-state index in [1.165, 1.54) is 24.3 Å². The van der Waals surface area contributed by atoms with Gasteiger partial charge in [0.2, 0.25) is 5.91 Å². The van der Waals surface area contributed by atoms with Crippen LogP contribution in [0.25, 0.3) is 0 Å². The molecular formula is C25H24F2N2O. The molecule has 1 aliphatic rings. The molecule has 2 aromatic carbocycles. The fourth-order valence-electron chi connectivity index (χ4n) is 3.97. The second kappa shape index (κ2) is 9.16. The van der Waals surface area contributed by atoms with Gasteiger partial charge in [0.25, 0.3) is 0 Å². The number of carbonyl (C=O) groups excluding carboxylic acids is 1. The summed E-state index contributed by atoms with van der Waals surface area (Å²) in [5.41, 5.74) is 3.77. The van der Waals surface area contributed by atoms with Crippen molar-refractivity contribution in [2.75, 3.05) is 13.1 Å². The molecule has 0 aliphatic carbocycles. The van der Waals surface area contributed by atoms with Crippen molar-refractivity contribution in [3.63, 3.8) is 0 Å². The van der Waals surface area contributed by atoms with Crippen LogP contribution < -0.4 is 0 Å². The van der Waals surface area contributed by atoms with Crippen molar-refractivity contribution in [2.45, 2.75) is 31.6 Å². The van der Waals surface area contributed by atoms with Gasteiger partial charge in [0.05, 0.1) is 6.42 Å². The summed E-state index contributed by atoms with van der Waals surface area (Å²) >= 11 is 0. The summed E-state index contributed by atoms with van der Waals surface area (Å²) in [6.07, 6.45) is 2.86. The molecule has 0 N–H and O–H groups in total. The standard InChI is InChI=1S/C25H24F2N2O/c26-21-10-6-18(7-11-21)15-23-4-1-5-24(28-23)20-3-2-14-29(17-20)25(30)16-19-8-12-22(27)13-9-19/h1,4-13,20H,2-3,14-17H2/t20-/m1/s1. The van der Waals surface area contributed by atoms with Gasteiger partial charge in [-0.25, -0.2) is 8.78 Å². The Balaban J connectivity index is 1.42. The van der Waals surface area contributed by atoms with Crippen LogP contribution in [0.4, 0.5) is 8.78 Å². The molecular weight excluding hydrogens is 382 g/mol. The van der Waals surface area contributed by atoms with Gasteiger partial charge >= 0.3 is 0 Å². The molecule has 0 saturated carbocycles. The quantitative estimate of drug-likeness (QED) is 0.604. The van der Waals surface area contributed by atoms with Crippen LogP contribution in [0.5, 0.6) is 0 Å². The normalized spacial score (nSPS) is 16.5. The van der Waals surface area contributed by atoms with Crippen molar-refractivity contribution in [2.24, 2.45) is 0 Å². The molecule has 5 heteroatoms. The van der Waals surface area contributed by atoms with Crippen LogP contribution in [0.1, 0.15) is 41.3 Å². The van der Waals surface area contributed by atoms with Crippen molar-refractivity contribution < 1.29 is 13.6 Å². The smallest absolute Gasteiger partial charge is 0.227 e. The highest BCUT2D eigenvalue weighted by Crippen LogP contribution is 2.26. The molecule has 3 aromatic rings. The number of pyridine rings is 1. The predicted molar refractivity (Wildman–Crippen MR) is 112 cm³/mol. The summed E-state index contributed by atoms with van der Waals surface area (Å²) in [6.45, 7) is 1.39. The largest absolute Gasteiger partial charge is 0.342 e. The van der Waals surface area contributed by atoms with Crippen molar-refractivity contribution in [3.05, 3.63) is 101 Å². The number of nitrogens with zero attached hydrogens (tertiary/aromatic N) is 2. The number of hydrogen-bond acceptors (Lipinski definition) is 2. The van der Waals surface area contributed by atoms with Gasteiger partial charge in [-0.1, -0.05) is 30.3 Å². The van der Waals surface area contributed by atoms with E-state index in [-0.39, 0.29) is 29.9 Å². The topological polar surface area (TPSA) is 33.2 Å². The summed E-state index contributed by atoms with van der Waals surface area (Å²) in [5, 5.41) is 0. The number of aromatic nitrogens is 1. The van der Waals surface area contributed by atoms with Crippen molar-refractivity contribution in [1.29, 1.82) is 0 Å². The third-order valence-electron chi connectivity index (χ3n) is 5.59. The lowest BCUT2D eigenvalue weighted by Crippen LogP contribution is -2.40. The summed E-state index contributed by atoms with van der Waals surface area (Å²) < 4.78 is 26.2. The Kier molecular flexibility index (Phi) is 6.17. The fourth-order valence-corrected chi connectivity index (χ4v) is 3.97. The van der Waals surface area contributed by atoms with Gasteiger partial charge in [-0.15, -0.1) is 0 Å². The molecule has 0 spiro atoms. The molecule has 30 heavy (non-hydrogen) atoms. The number of rotatable bonds is 5. The number of likely N-dealkylation sites (tertiary alicyclic amines) is 1. The van der Waals surface area contributed by atoms with Gasteiger partial charge in [-0.05, 0) is 60.4 Å². The summed E-state index contributed by atoms with van der Waals surface area (Å²) in [7, 11) is 0. The highest BCUT2D eigenvalue weighted by Gasteiger charge is 2.25. The van der Waals surface area contributed by atoms with Crippen molar-refractivity contribution in [1.82, 2.24) is 9.88 Å². The van der Waals surface area contributed by atoms with E-state index in [0.29, 0.717) is 13.0 Å². The zero-order chi connectivity index (χ0) is 20.9. The predicted octanol–water partition coefficient (Wildman–Crippen LogP) is 4.90. The number of halogens is 2. The first kappa shape index (κ1) is 20.2. The monoisotopic (exact) mass is 406 g/mol. The van der Waals surface area contributed by atoms with E-state index in [0.717, 1.165) is 41.9 Å². The Labute approximate surface area is 175 Å². The van der Waals surface area contributed by atoms with E-state index >= 15 is 0 Å². The van der Waals surface area contributed by atoms with Crippen LogP contribution >= 0.6 is 0 Å². The lowest BCUT2D eigenvalue weighted by atomic mass is 9.93. The minimum Gasteiger partial charge on any atom is -0.342 e. The molecule has 4 rings (SSSR count). The average Bonchev–Trinajstić information content (AvgIpc) is 2.77. The summed E-state index contributed by atoms with van der Waals surface area (Å²) in [4.78, 5) is 19.5. The minimum absolute atomic E-state index is 0.0637. The Morgan fingerprint density at radius 2 is 1.60 bits per heavy atom. The van der Waals surface area contributed by atoms with Gasteiger partial charge in [-0.3, -0.25) is 9.78 Å². The summed E-state index contributed by atoms with van der Waals surface area (Å²) in [5.74, 6) is -0.276. The lowest BCUT2D eigenvalue weighted by molar-refractivity contribution is -0.131. The molecule has 1 aromatic heterocycles. The third kappa shape index (κ3) is 5.09. The number of benzene rings is 2. The molecule has 1 atom stereocenters. The molecule has 2 heterocycles. The second-order valence-electron chi connectivity index (χ2n) is 7.84. The number of hydrogen-bond donors (Lipinski definition) is 0. The lowest BCUT2D eigenvalue weighted by Gasteiger charge is -2.32. The highest BCUT2D eigenvalue weighted by molar-refractivity contribution is 5.79. The zero-order valence-electron chi connectivity index (χ0n) is 16.7. The zero-order valence-corrected chi connectivity index (χ0v) is 16.7.